The quantitative estimate of drug-likeness (QED) is 0.542. The van der Waals surface area contributed by atoms with E-state index in [9.17, 15) is 23.1 Å². The molecule has 0 bridgehead atoms. The number of aromatic nitrogens is 2. The van der Waals surface area contributed by atoms with E-state index in [0.29, 0.717) is 5.02 Å². The summed E-state index contributed by atoms with van der Waals surface area (Å²) in [5.41, 5.74) is 0.744. The molecule has 0 aliphatic carbocycles. The average Bonchev–Trinajstić information content (AvgIpc) is 3.19. The lowest BCUT2D eigenvalue weighted by molar-refractivity contribution is -0.137. The number of hydrogen-bond donors (Lipinski definition) is 3. The van der Waals surface area contributed by atoms with E-state index in [-0.39, 0.29) is 18.7 Å². The summed E-state index contributed by atoms with van der Waals surface area (Å²) < 4.78 is 39.9. The number of urea groups is 1. The molecule has 3 aromatic rings. The molecule has 30 heavy (non-hydrogen) atoms. The maximum Gasteiger partial charge on any atom is 0.416 e. The molecule has 0 saturated heterocycles. The van der Waals surface area contributed by atoms with Gasteiger partial charge in [-0.25, -0.2) is 9.48 Å². The first-order chi connectivity index (χ1) is 14.2. The average molecular weight is 439 g/mol. The maximum absolute atomic E-state index is 12.8. The van der Waals surface area contributed by atoms with Gasteiger partial charge in [-0.1, -0.05) is 23.7 Å². The van der Waals surface area contributed by atoms with Gasteiger partial charge in [0.2, 0.25) is 0 Å². The second kappa shape index (κ2) is 9.19. The van der Waals surface area contributed by atoms with Gasteiger partial charge in [-0.15, -0.1) is 0 Å². The van der Waals surface area contributed by atoms with Crippen LogP contribution in [0.2, 0.25) is 5.02 Å². The standard InChI is InChI=1S/C20H18ClF3N4O2/c21-16-4-6-17(7-5-16)28-12-13(10-27-28)9-25-19(30)26-11-18(29)14-2-1-3-15(8-14)20(22,23)24/h1-8,10,12,18,29H,9,11H2,(H2,25,26,30). The van der Waals surface area contributed by atoms with Gasteiger partial charge in [0.1, 0.15) is 0 Å². The number of benzene rings is 2. The number of halogens is 4. The Labute approximate surface area is 175 Å². The van der Waals surface area contributed by atoms with E-state index >= 15 is 0 Å². The van der Waals surface area contributed by atoms with Gasteiger partial charge in [0.05, 0.1) is 23.6 Å². The highest BCUT2D eigenvalue weighted by Gasteiger charge is 2.30. The number of aliphatic hydroxyl groups is 1. The van der Waals surface area contributed by atoms with E-state index in [2.05, 4.69) is 15.7 Å². The van der Waals surface area contributed by atoms with Crippen molar-refractivity contribution in [3.8, 4) is 5.69 Å². The lowest BCUT2D eigenvalue weighted by atomic mass is 10.1. The van der Waals surface area contributed by atoms with E-state index in [1.165, 1.54) is 12.1 Å². The number of carbonyl (C=O) groups is 1. The van der Waals surface area contributed by atoms with Gasteiger partial charge in [0.25, 0.3) is 0 Å². The monoisotopic (exact) mass is 438 g/mol. The van der Waals surface area contributed by atoms with Crippen molar-refractivity contribution in [2.75, 3.05) is 6.54 Å². The van der Waals surface area contributed by atoms with E-state index in [4.69, 9.17) is 11.6 Å². The van der Waals surface area contributed by atoms with Gasteiger partial charge in [-0.05, 0) is 42.0 Å². The molecule has 0 saturated carbocycles. The van der Waals surface area contributed by atoms with Crippen molar-refractivity contribution in [3.05, 3.63) is 82.6 Å². The molecule has 3 rings (SSSR count). The summed E-state index contributed by atoms with van der Waals surface area (Å²) in [5, 5.41) is 19.9. The van der Waals surface area contributed by atoms with E-state index in [1.54, 1.807) is 41.3 Å². The third-order valence-corrected chi connectivity index (χ3v) is 4.49. The molecule has 1 aromatic heterocycles. The molecule has 1 heterocycles. The molecule has 6 nitrogen and oxygen atoms in total. The highest BCUT2D eigenvalue weighted by atomic mass is 35.5. The molecule has 1 atom stereocenters. The zero-order valence-electron chi connectivity index (χ0n) is 15.5. The smallest absolute Gasteiger partial charge is 0.387 e. The lowest BCUT2D eigenvalue weighted by Crippen LogP contribution is -2.37. The molecule has 0 spiro atoms. The van der Waals surface area contributed by atoms with Gasteiger partial charge in [-0.2, -0.15) is 18.3 Å². The fraction of sp³-hybridized carbons (Fsp3) is 0.200. The molecule has 0 radical (unpaired) electrons. The van der Waals surface area contributed by atoms with Crippen LogP contribution in [0.1, 0.15) is 22.8 Å². The first kappa shape index (κ1) is 21.7. The molecular weight excluding hydrogens is 421 g/mol. The van der Waals surface area contributed by atoms with E-state index < -0.39 is 23.9 Å². The van der Waals surface area contributed by atoms with Crippen molar-refractivity contribution in [1.29, 1.82) is 0 Å². The van der Waals surface area contributed by atoms with Crippen molar-refractivity contribution < 1.29 is 23.1 Å². The van der Waals surface area contributed by atoms with Crippen LogP contribution in [-0.4, -0.2) is 27.5 Å². The molecule has 0 aliphatic heterocycles. The molecule has 0 fully saturated rings. The first-order valence-electron chi connectivity index (χ1n) is 8.89. The fourth-order valence-electron chi connectivity index (χ4n) is 2.66. The highest BCUT2D eigenvalue weighted by Crippen LogP contribution is 2.30. The number of amides is 2. The van der Waals surface area contributed by atoms with Crippen LogP contribution < -0.4 is 10.6 Å². The van der Waals surface area contributed by atoms with Gasteiger partial charge in [-0.3, -0.25) is 0 Å². The van der Waals surface area contributed by atoms with Crippen molar-refractivity contribution in [3.63, 3.8) is 0 Å². The van der Waals surface area contributed by atoms with Crippen LogP contribution >= 0.6 is 11.6 Å². The molecule has 3 N–H and O–H groups in total. The van der Waals surface area contributed by atoms with Crippen molar-refractivity contribution in [2.45, 2.75) is 18.8 Å². The summed E-state index contributed by atoms with van der Waals surface area (Å²) in [6.45, 7) is -0.0593. The van der Waals surface area contributed by atoms with Crippen LogP contribution in [-0.2, 0) is 12.7 Å². The van der Waals surface area contributed by atoms with Gasteiger partial charge in [0, 0.05) is 29.9 Å². The molecule has 10 heteroatoms. The molecule has 158 valence electrons. The number of nitrogens with one attached hydrogen (secondary N) is 2. The zero-order valence-corrected chi connectivity index (χ0v) is 16.3. The minimum Gasteiger partial charge on any atom is -0.387 e. The van der Waals surface area contributed by atoms with Crippen LogP contribution in [0, 0.1) is 0 Å². The normalized spacial score (nSPS) is 12.4. The number of nitrogens with zero attached hydrogens (tertiary/aromatic N) is 2. The molecule has 0 aliphatic rings. The summed E-state index contributed by atoms with van der Waals surface area (Å²) in [5.74, 6) is 0. The Bertz CT molecular complexity index is 1010. The summed E-state index contributed by atoms with van der Waals surface area (Å²) in [6, 6.07) is 10.8. The van der Waals surface area contributed by atoms with Gasteiger partial charge >= 0.3 is 12.2 Å². The van der Waals surface area contributed by atoms with Crippen molar-refractivity contribution in [2.24, 2.45) is 0 Å². The SMILES string of the molecule is O=C(NCc1cnn(-c2ccc(Cl)cc2)c1)NCC(O)c1cccc(C(F)(F)F)c1. The maximum atomic E-state index is 12.8. The third-order valence-electron chi connectivity index (χ3n) is 4.23. The van der Waals surface area contributed by atoms with Gasteiger partial charge in [0.15, 0.2) is 0 Å². The minimum atomic E-state index is -4.50. The number of rotatable bonds is 6. The number of aliphatic hydroxyl groups excluding tert-OH is 1. The molecule has 1 unspecified atom stereocenters. The van der Waals surface area contributed by atoms with Crippen LogP contribution in [0.3, 0.4) is 0 Å². The fourth-order valence-corrected chi connectivity index (χ4v) is 2.79. The predicted molar refractivity (Wildman–Crippen MR) is 105 cm³/mol. The molecule has 2 aromatic carbocycles. The Morgan fingerprint density at radius 1 is 1.17 bits per heavy atom. The van der Waals surface area contributed by atoms with Crippen molar-refractivity contribution >= 4 is 17.6 Å². The summed E-state index contributed by atoms with van der Waals surface area (Å²) in [6.07, 6.45) is -2.45. The van der Waals surface area contributed by atoms with Crippen molar-refractivity contribution in [1.82, 2.24) is 20.4 Å². The van der Waals surface area contributed by atoms with Crippen LogP contribution in [0.15, 0.2) is 60.9 Å². The predicted octanol–water partition coefficient (Wildman–Crippen LogP) is 4.08. The number of carbonyl (C=O) groups excluding carboxylic acids is 1. The Kier molecular flexibility index (Phi) is 6.63. The Hall–Kier alpha value is -3.04. The first-order valence-corrected chi connectivity index (χ1v) is 9.26. The van der Waals surface area contributed by atoms with Crippen LogP contribution in [0.25, 0.3) is 5.69 Å². The topological polar surface area (TPSA) is 79.2 Å². The molecular formula is C20H18ClF3N4O2. The van der Waals surface area contributed by atoms with Crippen LogP contribution in [0.4, 0.5) is 18.0 Å². The Morgan fingerprint density at radius 2 is 1.90 bits per heavy atom. The largest absolute Gasteiger partial charge is 0.416 e. The Morgan fingerprint density at radius 3 is 2.60 bits per heavy atom. The third kappa shape index (κ3) is 5.74. The second-order valence-electron chi connectivity index (χ2n) is 6.47. The minimum absolute atomic E-state index is 0.0642. The zero-order chi connectivity index (χ0) is 21.7. The van der Waals surface area contributed by atoms with E-state index in [1.807, 2.05) is 0 Å². The Balaban J connectivity index is 1.49. The van der Waals surface area contributed by atoms with Gasteiger partial charge < -0.3 is 15.7 Å². The number of alkyl halides is 3. The van der Waals surface area contributed by atoms with E-state index in [0.717, 1.165) is 23.4 Å². The second-order valence-corrected chi connectivity index (χ2v) is 6.91. The summed E-state index contributed by atoms with van der Waals surface area (Å²) in [4.78, 5) is 11.9. The highest BCUT2D eigenvalue weighted by molar-refractivity contribution is 6.30. The van der Waals surface area contributed by atoms with Crippen LogP contribution in [0.5, 0.6) is 0 Å². The summed E-state index contributed by atoms with van der Waals surface area (Å²) in [7, 11) is 0. The molecule has 2 amide bonds. The summed E-state index contributed by atoms with van der Waals surface area (Å²) >= 11 is 5.86. The number of hydrogen-bond acceptors (Lipinski definition) is 3. The lowest BCUT2D eigenvalue weighted by Gasteiger charge is -2.14.